The number of furan rings is 1. The molecule has 4 rings (SSSR count). The van der Waals surface area contributed by atoms with E-state index in [0.29, 0.717) is 0 Å². The van der Waals surface area contributed by atoms with Crippen molar-refractivity contribution in [2.75, 3.05) is 19.6 Å². The van der Waals surface area contributed by atoms with Gasteiger partial charge in [-0.3, -0.25) is 9.88 Å². The van der Waals surface area contributed by atoms with Crippen molar-refractivity contribution in [2.24, 2.45) is 5.92 Å². The second kappa shape index (κ2) is 7.38. The molecule has 1 aliphatic heterocycles. The largest absolute Gasteiger partial charge is 0.461 e. The van der Waals surface area contributed by atoms with Crippen LogP contribution >= 0.6 is 0 Å². The fourth-order valence-corrected chi connectivity index (χ4v) is 3.81. The molecule has 4 nitrogen and oxygen atoms in total. The molecule has 1 N–H and O–H groups in total. The number of aromatic nitrogens is 1. The summed E-state index contributed by atoms with van der Waals surface area (Å²) < 4.78 is 5.97. The van der Waals surface area contributed by atoms with Crippen LogP contribution in [0.3, 0.4) is 0 Å². The van der Waals surface area contributed by atoms with Gasteiger partial charge >= 0.3 is 0 Å². The van der Waals surface area contributed by atoms with E-state index >= 15 is 0 Å². The molecule has 1 aromatic carbocycles. The normalized spacial score (nSPS) is 17.6. The number of nitrogens with zero attached hydrogens (tertiary/aromatic N) is 2. The van der Waals surface area contributed by atoms with Crippen molar-refractivity contribution in [2.45, 2.75) is 26.4 Å². The predicted molar refractivity (Wildman–Crippen MR) is 100 cm³/mol. The zero-order valence-corrected chi connectivity index (χ0v) is 14.7. The van der Waals surface area contributed by atoms with Gasteiger partial charge in [-0.05, 0) is 50.0 Å². The van der Waals surface area contributed by atoms with Crippen LogP contribution < -0.4 is 5.32 Å². The SMILES string of the molecule is Cc1oc2ccccc2c1CN(Cc1cccnc1)CC1CCNC1. The van der Waals surface area contributed by atoms with Gasteiger partial charge in [0.05, 0.1) is 0 Å². The molecule has 0 aliphatic carbocycles. The highest BCUT2D eigenvalue weighted by atomic mass is 16.3. The molecule has 0 radical (unpaired) electrons. The molecule has 1 aliphatic rings. The predicted octanol–water partition coefficient (Wildman–Crippen LogP) is 3.75. The Balaban J connectivity index is 1.59. The van der Waals surface area contributed by atoms with E-state index in [1.165, 1.54) is 22.9 Å². The second-order valence-corrected chi connectivity index (χ2v) is 7.02. The summed E-state index contributed by atoms with van der Waals surface area (Å²) in [5.41, 5.74) is 3.56. The van der Waals surface area contributed by atoms with E-state index in [1.54, 1.807) is 0 Å². The topological polar surface area (TPSA) is 41.3 Å². The van der Waals surface area contributed by atoms with Crippen molar-refractivity contribution in [3.63, 3.8) is 0 Å². The number of hydrogen-bond acceptors (Lipinski definition) is 4. The average molecular weight is 335 g/mol. The molecule has 3 heterocycles. The Bertz CT molecular complexity index is 822. The van der Waals surface area contributed by atoms with Crippen LogP contribution in [0.2, 0.25) is 0 Å². The lowest BCUT2D eigenvalue weighted by atomic mass is 10.1. The van der Waals surface area contributed by atoms with E-state index in [4.69, 9.17) is 4.42 Å². The molecule has 25 heavy (non-hydrogen) atoms. The monoisotopic (exact) mass is 335 g/mol. The van der Waals surface area contributed by atoms with E-state index in [1.807, 2.05) is 24.5 Å². The molecule has 0 amide bonds. The summed E-state index contributed by atoms with van der Waals surface area (Å²) in [6.45, 7) is 7.26. The molecular formula is C21H25N3O. The summed E-state index contributed by atoms with van der Waals surface area (Å²) in [6, 6.07) is 12.5. The molecule has 1 fully saturated rings. The third kappa shape index (κ3) is 3.75. The molecule has 4 heteroatoms. The van der Waals surface area contributed by atoms with Crippen molar-refractivity contribution in [3.8, 4) is 0 Å². The Labute approximate surface area is 148 Å². The van der Waals surface area contributed by atoms with Crippen LogP contribution in [0, 0.1) is 12.8 Å². The van der Waals surface area contributed by atoms with Gasteiger partial charge in [-0.25, -0.2) is 0 Å². The van der Waals surface area contributed by atoms with Crippen molar-refractivity contribution in [1.82, 2.24) is 15.2 Å². The van der Waals surface area contributed by atoms with Crippen LogP contribution in [0.1, 0.15) is 23.3 Å². The molecule has 1 atom stereocenters. The second-order valence-electron chi connectivity index (χ2n) is 7.02. The van der Waals surface area contributed by atoms with E-state index in [-0.39, 0.29) is 0 Å². The van der Waals surface area contributed by atoms with Gasteiger partial charge < -0.3 is 9.73 Å². The highest BCUT2D eigenvalue weighted by molar-refractivity contribution is 5.82. The number of pyridine rings is 1. The zero-order chi connectivity index (χ0) is 17.1. The lowest BCUT2D eigenvalue weighted by Crippen LogP contribution is -2.30. The van der Waals surface area contributed by atoms with Crippen LogP contribution in [0.4, 0.5) is 0 Å². The third-order valence-corrected chi connectivity index (χ3v) is 5.09. The first-order chi connectivity index (χ1) is 12.3. The van der Waals surface area contributed by atoms with E-state index in [9.17, 15) is 0 Å². The van der Waals surface area contributed by atoms with Crippen molar-refractivity contribution in [3.05, 3.63) is 65.7 Å². The van der Waals surface area contributed by atoms with Crippen LogP contribution in [-0.4, -0.2) is 29.5 Å². The fourth-order valence-electron chi connectivity index (χ4n) is 3.81. The van der Waals surface area contributed by atoms with Gasteiger partial charge in [0.15, 0.2) is 0 Å². The standard InChI is InChI=1S/C21H25N3O/c1-16-20(19-6-2-3-7-21(19)25-16)15-24(14-18-8-10-23-12-18)13-17-5-4-9-22-11-17/h2-7,9,11,18,23H,8,10,12-15H2,1H3. The van der Waals surface area contributed by atoms with Crippen LogP contribution in [-0.2, 0) is 13.1 Å². The summed E-state index contributed by atoms with van der Waals surface area (Å²) in [6.07, 6.45) is 5.07. The minimum atomic E-state index is 0.718. The van der Waals surface area contributed by atoms with Gasteiger partial charge in [-0.15, -0.1) is 0 Å². The van der Waals surface area contributed by atoms with Gasteiger partial charge in [0.1, 0.15) is 11.3 Å². The van der Waals surface area contributed by atoms with Crippen LogP contribution in [0.25, 0.3) is 11.0 Å². The summed E-state index contributed by atoms with van der Waals surface area (Å²) in [5, 5.41) is 4.72. The number of rotatable bonds is 6. The molecular weight excluding hydrogens is 310 g/mol. The summed E-state index contributed by atoms with van der Waals surface area (Å²) in [4.78, 5) is 6.82. The molecule has 1 saturated heterocycles. The first kappa shape index (κ1) is 16.3. The number of aryl methyl sites for hydroxylation is 1. The van der Waals surface area contributed by atoms with Crippen molar-refractivity contribution in [1.29, 1.82) is 0 Å². The van der Waals surface area contributed by atoms with Crippen LogP contribution in [0.15, 0.2) is 53.2 Å². The Kier molecular flexibility index (Phi) is 4.81. The van der Waals surface area contributed by atoms with Gasteiger partial charge in [-0.2, -0.15) is 0 Å². The highest BCUT2D eigenvalue weighted by Crippen LogP contribution is 2.27. The first-order valence-electron chi connectivity index (χ1n) is 9.08. The van der Waals surface area contributed by atoms with Gasteiger partial charge in [0, 0.05) is 43.0 Å². The molecule has 2 aromatic heterocycles. The average Bonchev–Trinajstić information content (AvgIpc) is 3.24. The fraction of sp³-hybridized carbons (Fsp3) is 0.381. The van der Waals surface area contributed by atoms with E-state index in [2.05, 4.69) is 46.4 Å². The number of fused-ring (bicyclic) bond motifs is 1. The van der Waals surface area contributed by atoms with E-state index < -0.39 is 0 Å². The minimum Gasteiger partial charge on any atom is -0.461 e. The van der Waals surface area contributed by atoms with Gasteiger partial charge in [0.2, 0.25) is 0 Å². The third-order valence-electron chi connectivity index (χ3n) is 5.09. The maximum absolute atomic E-state index is 5.97. The molecule has 3 aromatic rings. The van der Waals surface area contributed by atoms with Crippen LogP contribution in [0.5, 0.6) is 0 Å². The van der Waals surface area contributed by atoms with Gasteiger partial charge in [-0.1, -0.05) is 24.3 Å². The van der Waals surface area contributed by atoms with Crippen molar-refractivity contribution < 1.29 is 4.42 Å². The molecule has 130 valence electrons. The Morgan fingerprint density at radius 3 is 2.92 bits per heavy atom. The first-order valence-corrected chi connectivity index (χ1v) is 9.08. The zero-order valence-electron chi connectivity index (χ0n) is 14.7. The Hall–Kier alpha value is -2.17. The lowest BCUT2D eigenvalue weighted by Gasteiger charge is -2.25. The molecule has 1 unspecified atom stereocenters. The van der Waals surface area contributed by atoms with E-state index in [0.717, 1.165) is 50.0 Å². The van der Waals surface area contributed by atoms with Crippen molar-refractivity contribution >= 4 is 11.0 Å². The number of benzene rings is 1. The number of hydrogen-bond donors (Lipinski definition) is 1. The summed E-state index contributed by atoms with van der Waals surface area (Å²) in [5.74, 6) is 1.75. The quantitative estimate of drug-likeness (QED) is 0.745. The Morgan fingerprint density at radius 1 is 1.20 bits per heavy atom. The Morgan fingerprint density at radius 2 is 2.12 bits per heavy atom. The molecule has 0 spiro atoms. The maximum Gasteiger partial charge on any atom is 0.134 e. The number of para-hydroxylation sites is 1. The molecule has 0 saturated carbocycles. The molecule has 0 bridgehead atoms. The summed E-state index contributed by atoms with van der Waals surface area (Å²) in [7, 11) is 0. The minimum absolute atomic E-state index is 0.718. The van der Waals surface area contributed by atoms with Gasteiger partial charge in [0.25, 0.3) is 0 Å². The smallest absolute Gasteiger partial charge is 0.134 e. The maximum atomic E-state index is 5.97. The lowest BCUT2D eigenvalue weighted by molar-refractivity contribution is 0.220. The summed E-state index contributed by atoms with van der Waals surface area (Å²) >= 11 is 0. The highest BCUT2D eigenvalue weighted by Gasteiger charge is 2.21. The number of nitrogens with one attached hydrogen (secondary N) is 1.